The van der Waals surface area contributed by atoms with Crippen molar-refractivity contribution in [2.45, 2.75) is 19.6 Å². The fraction of sp³-hybridized carbons (Fsp3) is 0.160. The van der Waals surface area contributed by atoms with Crippen LogP contribution in [-0.2, 0) is 19.6 Å². The monoisotopic (exact) mass is 400 g/mol. The number of ether oxygens (including phenoxy) is 1. The van der Waals surface area contributed by atoms with Gasteiger partial charge >= 0.3 is 0 Å². The van der Waals surface area contributed by atoms with E-state index in [2.05, 4.69) is 64.9 Å². The van der Waals surface area contributed by atoms with Gasteiger partial charge in [-0.1, -0.05) is 60.7 Å². The molecule has 29 heavy (non-hydrogen) atoms. The predicted molar refractivity (Wildman–Crippen MR) is 120 cm³/mol. The molecule has 4 heteroatoms. The fourth-order valence-electron chi connectivity index (χ4n) is 3.05. The van der Waals surface area contributed by atoms with E-state index < -0.39 is 0 Å². The Bertz CT molecular complexity index is 998. The third kappa shape index (κ3) is 5.76. The zero-order valence-corrected chi connectivity index (χ0v) is 17.1. The average molecular weight is 401 g/mol. The van der Waals surface area contributed by atoms with Gasteiger partial charge in [0.05, 0.1) is 4.88 Å². The largest absolute Gasteiger partial charge is 0.489 e. The molecule has 3 nitrogen and oxygen atoms in total. The Morgan fingerprint density at radius 2 is 1.48 bits per heavy atom. The maximum Gasteiger partial charge on any atom is 0.119 e. The summed E-state index contributed by atoms with van der Waals surface area (Å²) in [5.41, 5.74) is 3.70. The van der Waals surface area contributed by atoms with Gasteiger partial charge < -0.3 is 10.1 Å². The first-order chi connectivity index (χ1) is 14.4. The molecule has 0 radical (unpaired) electrons. The van der Waals surface area contributed by atoms with Gasteiger partial charge in [0, 0.05) is 12.7 Å². The van der Waals surface area contributed by atoms with Crippen LogP contribution in [0.3, 0.4) is 0 Å². The van der Waals surface area contributed by atoms with Crippen molar-refractivity contribution < 1.29 is 4.74 Å². The Morgan fingerprint density at radius 3 is 2.21 bits per heavy atom. The van der Waals surface area contributed by atoms with Crippen molar-refractivity contribution in [2.24, 2.45) is 0 Å². The summed E-state index contributed by atoms with van der Waals surface area (Å²) in [6, 6.07) is 29.0. The summed E-state index contributed by atoms with van der Waals surface area (Å²) in [6.45, 7) is 2.34. The normalized spacial score (nSPS) is 10.8. The van der Waals surface area contributed by atoms with Crippen LogP contribution in [0, 0.1) is 0 Å². The van der Waals surface area contributed by atoms with Crippen molar-refractivity contribution in [3.63, 3.8) is 0 Å². The second kappa shape index (κ2) is 10.0. The van der Waals surface area contributed by atoms with Crippen LogP contribution in [0.2, 0.25) is 0 Å². The third-order valence-corrected chi connectivity index (χ3v) is 5.70. The predicted octanol–water partition coefficient (Wildman–Crippen LogP) is 5.72. The maximum absolute atomic E-state index is 5.87. The van der Waals surface area contributed by atoms with Crippen molar-refractivity contribution in [1.29, 1.82) is 0 Å². The molecule has 1 heterocycles. The van der Waals surface area contributed by atoms with Gasteiger partial charge in [-0.15, -0.1) is 11.3 Å². The highest BCUT2D eigenvalue weighted by Gasteiger charge is 2.05. The van der Waals surface area contributed by atoms with E-state index in [9.17, 15) is 0 Å². The van der Waals surface area contributed by atoms with E-state index >= 15 is 0 Å². The summed E-state index contributed by atoms with van der Waals surface area (Å²) in [5, 5.41) is 4.59. The van der Waals surface area contributed by atoms with Crippen molar-refractivity contribution >= 4 is 11.3 Å². The molecule has 0 spiro atoms. The molecule has 0 aliphatic heterocycles. The highest BCUT2D eigenvalue weighted by Crippen LogP contribution is 2.28. The van der Waals surface area contributed by atoms with Crippen LogP contribution in [0.15, 0.2) is 91.1 Å². The van der Waals surface area contributed by atoms with Gasteiger partial charge in [0.1, 0.15) is 17.4 Å². The molecule has 4 rings (SSSR count). The summed E-state index contributed by atoms with van der Waals surface area (Å²) in [6.07, 6.45) is 2.99. The van der Waals surface area contributed by atoms with Crippen LogP contribution in [0.5, 0.6) is 5.75 Å². The SMILES string of the molecule is c1ccc(CCNCc2ncc(-c3ccc(OCc4ccccc4)cc3)s2)cc1. The third-order valence-electron chi connectivity index (χ3n) is 4.65. The minimum atomic E-state index is 0.583. The zero-order valence-electron chi connectivity index (χ0n) is 16.3. The van der Waals surface area contributed by atoms with E-state index in [-0.39, 0.29) is 0 Å². The van der Waals surface area contributed by atoms with Crippen LogP contribution in [0.1, 0.15) is 16.1 Å². The van der Waals surface area contributed by atoms with E-state index in [4.69, 9.17) is 4.74 Å². The summed E-state index contributed by atoms with van der Waals surface area (Å²) in [4.78, 5) is 5.74. The molecule has 1 aromatic heterocycles. The summed E-state index contributed by atoms with van der Waals surface area (Å²) in [5.74, 6) is 0.880. The van der Waals surface area contributed by atoms with Crippen molar-refractivity contribution in [3.8, 4) is 16.2 Å². The van der Waals surface area contributed by atoms with Gasteiger partial charge in [0.2, 0.25) is 0 Å². The molecule has 0 unspecified atom stereocenters. The van der Waals surface area contributed by atoms with Crippen molar-refractivity contribution in [2.75, 3.05) is 6.54 Å². The van der Waals surface area contributed by atoms with Gasteiger partial charge in [0.15, 0.2) is 0 Å². The number of hydrogen-bond donors (Lipinski definition) is 1. The number of nitrogens with zero attached hydrogens (tertiary/aromatic N) is 1. The molecular formula is C25H24N2OS. The number of thiazole rings is 1. The second-order valence-corrected chi connectivity index (χ2v) is 7.94. The molecule has 0 saturated carbocycles. The standard InChI is InChI=1S/C25H24N2OS/c1-3-7-20(8-4-1)15-16-26-18-25-27-17-24(29-25)22-11-13-23(14-12-22)28-19-21-9-5-2-6-10-21/h1-14,17,26H,15-16,18-19H2. The number of rotatable bonds is 9. The molecular weight excluding hydrogens is 376 g/mol. The Balaban J connectivity index is 1.26. The maximum atomic E-state index is 5.87. The van der Waals surface area contributed by atoms with Gasteiger partial charge in [-0.3, -0.25) is 0 Å². The Morgan fingerprint density at radius 1 is 0.793 bits per heavy atom. The van der Waals surface area contributed by atoms with E-state index in [1.807, 2.05) is 36.5 Å². The summed E-state index contributed by atoms with van der Waals surface area (Å²) >= 11 is 1.73. The second-order valence-electron chi connectivity index (χ2n) is 6.83. The first-order valence-corrected chi connectivity index (χ1v) is 10.6. The number of nitrogens with one attached hydrogen (secondary N) is 1. The van der Waals surface area contributed by atoms with Gasteiger partial charge in [-0.2, -0.15) is 0 Å². The van der Waals surface area contributed by atoms with E-state index in [0.717, 1.165) is 30.3 Å². The Labute approximate surface area is 176 Å². The van der Waals surface area contributed by atoms with Crippen LogP contribution >= 0.6 is 11.3 Å². The molecule has 0 aliphatic rings. The lowest BCUT2D eigenvalue weighted by molar-refractivity contribution is 0.306. The summed E-state index contributed by atoms with van der Waals surface area (Å²) < 4.78 is 5.87. The Hall–Kier alpha value is -2.95. The highest BCUT2D eigenvalue weighted by atomic mass is 32.1. The van der Waals surface area contributed by atoms with Gasteiger partial charge in [-0.25, -0.2) is 4.98 Å². The van der Waals surface area contributed by atoms with Gasteiger partial charge in [-0.05, 0) is 53.9 Å². The van der Waals surface area contributed by atoms with Crippen molar-refractivity contribution in [3.05, 3.63) is 107 Å². The zero-order chi connectivity index (χ0) is 19.7. The molecule has 0 atom stereocenters. The van der Waals surface area contributed by atoms with Crippen LogP contribution in [-0.4, -0.2) is 11.5 Å². The van der Waals surface area contributed by atoms with Crippen molar-refractivity contribution in [1.82, 2.24) is 10.3 Å². The lowest BCUT2D eigenvalue weighted by Gasteiger charge is -2.06. The average Bonchev–Trinajstić information content (AvgIpc) is 3.26. The molecule has 4 aromatic rings. The van der Waals surface area contributed by atoms with E-state index in [0.29, 0.717) is 6.61 Å². The first-order valence-electron chi connectivity index (χ1n) is 9.83. The lowest BCUT2D eigenvalue weighted by Crippen LogP contribution is -2.16. The summed E-state index contributed by atoms with van der Waals surface area (Å²) in [7, 11) is 0. The van der Waals surface area contributed by atoms with Gasteiger partial charge in [0.25, 0.3) is 0 Å². The molecule has 0 bridgehead atoms. The number of aromatic nitrogens is 1. The van der Waals surface area contributed by atoms with Crippen LogP contribution in [0.25, 0.3) is 10.4 Å². The van der Waals surface area contributed by atoms with Crippen LogP contribution < -0.4 is 10.1 Å². The number of benzene rings is 3. The minimum absolute atomic E-state index is 0.583. The fourth-order valence-corrected chi connectivity index (χ4v) is 3.95. The lowest BCUT2D eigenvalue weighted by atomic mass is 10.1. The topological polar surface area (TPSA) is 34.2 Å². The quantitative estimate of drug-likeness (QED) is 0.365. The molecule has 0 aliphatic carbocycles. The van der Waals surface area contributed by atoms with E-state index in [1.165, 1.54) is 21.6 Å². The van der Waals surface area contributed by atoms with E-state index in [1.54, 1.807) is 11.3 Å². The molecule has 0 saturated heterocycles. The highest BCUT2D eigenvalue weighted by molar-refractivity contribution is 7.15. The Kier molecular flexibility index (Phi) is 6.68. The molecule has 0 fully saturated rings. The molecule has 146 valence electrons. The molecule has 3 aromatic carbocycles. The first kappa shape index (κ1) is 19.4. The molecule has 1 N–H and O–H groups in total. The smallest absolute Gasteiger partial charge is 0.119 e. The number of hydrogen-bond acceptors (Lipinski definition) is 4. The minimum Gasteiger partial charge on any atom is -0.489 e. The molecule has 0 amide bonds. The van der Waals surface area contributed by atoms with Crippen LogP contribution in [0.4, 0.5) is 0 Å².